The number of rotatable bonds is 2. The zero-order chi connectivity index (χ0) is 5.70. The van der Waals surface area contributed by atoms with Crippen LogP contribution in [-0.4, -0.2) is 47.4 Å². The number of hydrogen-bond donors (Lipinski definition) is 1. The maximum atomic E-state index is 10.1. The highest BCUT2D eigenvalue weighted by Gasteiger charge is 1.91. The summed E-state index contributed by atoms with van der Waals surface area (Å²) in [5.74, 6) is -0.345. The molecule has 6 heteroatoms. The summed E-state index contributed by atoms with van der Waals surface area (Å²) < 4.78 is 4.43. The Labute approximate surface area is 70.3 Å². The Hall–Kier alpha value is -0.118. The van der Waals surface area contributed by atoms with Gasteiger partial charge in [-0.05, 0) is 6.92 Å². The van der Waals surface area contributed by atoms with Crippen molar-refractivity contribution >= 4 is 23.3 Å². The summed E-state index contributed by atoms with van der Waals surface area (Å²) in [5.41, 5.74) is 4.88. The Morgan fingerprint density at radius 2 is 1.90 bits per heavy atom. The van der Waals surface area contributed by atoms with Gasteiger partial charge in [-0.25, -0.2) is 0 Å². The summed E-state index contributed by atoms with van der Waals surface area (Å²) in [7, 11) is 0. The molecule has 0 heterocycles. The second-order valence-electron chi connectivity index (χ2n) is 1.01. The SMILES string of the molecule is CCOC(=O)CN.O.O.[AlH]. The Morgan fingerprint density at radius 3 is 2.00 bits per heavy atom. The monoisotopic (exact) mass is 167 g/mol. The van der Waals surface area contributed by atoms with Gasteiger partial charge in [0.15, 0.2) is 0 Å². The van der Waals surface area contributed by atoms with Crippen molar-refractivity contribution in [3.8, 4) is 0 Å². The summed E-state index contributed by atoms with van der Waals surface area (Å²) in [6.07, 6.45) is 0. The number of ether oxygens (including phenoxy) is 1. The lowest BCUT2D eigenvalue weighted by Crippen LogP contribution is -2.16. The Kier molecular flexibility index (Phi) is 35.9. The van der Waals surface area contributed by atoms with Crippen LogP contribution in [0.2, 0.25) is 0 Å². The molecule has 0 spiro atoms. The number of carbonyl (C=O) groups excluding carboxylic acids is 1. The minimum atomic E-state index is -0.345. The van der Waals surface area contributed by atoms with Crippen molar-refractivity contribution in [3.05, 3.63) is 0 Å². The molecule has 0 saturated heterocycles. The van der Waals surface area contributed by atoms with Gasteiger partial charge in [0.05, 0.1) is 30.5 Å². The molecule has 10 heavy (non-hydrogen) atoms. The molecule has 0 aromatic heterocycles. The normalized spacial score (nSPS) is 5.80. The van der Waals surface area contributed by atoms with E-state index in [0.717, 1.165) is 0 Å². The molecule has 62 valence electrons. The minimum absolute atomic E-state index is 0. The standard InChI is InChI=1S/C4H9NO2.Al.2H2O.H/c1-2-7-4(6)3-5;;;;/h2-3,5H2,1H3;;2*1H2;. The van der Waals surface area contributed by atoms with Crippen LogP contribution in [-0.2, 0) is 9.53 Å². The fraction of sp³-hybridized carbons (Fsp3) is 0.750. The molecule has 0 saturated carbocycles. The van der Waals surface area contributed by atoms with Crippen molar-refractivity contribution in [2.75, 3.05) is 13.2 Å². The highest BCUT2D eigenvalue weighted by molar-refractivity contribution is 5.75. The van der Waals surface area contributed by atoms with Crippen LogP contribution in [0.1, 0.15) is 6.92 Å². The van der Waals surface area contributed by atoms with Crippen LogP contribution in [0.5, 0.6) is 0 Å². The molecule has 6 N–H and O–H groups in total. The minimum Gasteiger partial charge on any atom is -0.465 e. The summed E-state index contributed by atoms with van der Waals surface area (Å²) in [6.45, 7) is 2.14. The molecule has 0 unspecified atom stereocenters. The van der Waals surface area contributed by atoms with Crippen LogP contribution in [0.3, 0.4) is 0 Å². The second kappa shape index (κ2) is 15.9. The zero-order valence-corrected chi connectivity index (χ0v) is 7.43. The van der Waals surface area contributed by atoms with E-state index in [4.69, 9.17) is 5.73 Å². The van der Waals surface area contributed by atoms with Crippen LogP contribution >= 0.6 is 0 Å². The molecule has 0 aliphatic rings. The molecule has 0 aromatic carbocycles. The molecular formula is C4H14AlNO4. The molecule has 0 amide bonds. The molecule has 0 aliphatic heterocycles. The van der Waals surface area contributed by atoms with Gasteiger partial charge in [0, 0.05) is 0 Å². The van der Waals surface area contributed by atoms with E-state index < -0.39 is 0 Å². The van der Waals surface area contributed by atoms with Crippen LogP contribution in [0.25, 0.3) is 0 Å². The van der Waals surface area contributed by atoms with Crippen molar-refractivity contribution in [2.45, 2.75) is 6.92 Å². The Balaban J connectivity index is -0.0000000600. The number of esters is 1. The van der Waals surface area contributed by atoms with E-state index >= 15 is 0 Å². The van der Waals surface area contributed by atoms with Crippen molar-refractivity contribution in [3.63, 3.8) is 0 Å². The molecule has 0 aliphatic carbocycles. The molecule has 5 nitrogen and oxygen atoms in total. The van der Waals surface area contributed by atoms with Gasteiger partial charge in [-0.2, -0.15) is 0 Å². The van der Waals surface area contributed by atoms with Crippen molar-refractivity contribution < 1.29 is 20.5 Å². The smallest absolute Gasteiger partial charge is 0.319 e. The number of hydrogen-bond acceptors (Lipinski definition) is 3. The first-order chi connectivity index (χ1) is 3.31. The van der Waals surface area contributed by atoms with E-state index in [2.05, 4.69) is 4.74 Å². The molecular weight excluding hydrogens is 153 g/mol. The van der Waals surface area contributed by atoms with Crippen LogP contribution < -0.4 is 5.73 Å². The van der Waals surface area contributed by atoms with Gasteiger partial charge < -0.3 is 21.4 Å². The highest BCUT2D eigenvalue weighted by atomic mass is 27.0. The first kappa shape index (κ1) is 22.5. The van der Waals surface area contributed by atoms with E-state index in [9.17, 15) is 4.79 Å². The summed E-state index contributed by atoms with van der Waals surface area (Å²) in [5, 5.41) is 0. The predicted octanol–water partition coefficient (Wildman–Crippen LogP) is -2.79. The molecule has 0 bridgehead atoms. The Bertz CT molecular complexity index is 70.3. The van der Waals surface area contributed by atoms with Crippen molar-refractivity contribution in [1.29, 1.82) is 0 Å². The van der Waals surface area contributed by atoms with Crippen LogP contribution in [0.15, 0.2) is 0 Å². The van der Waals surface area contributed by atoms with E-state index in [1.165, 1.54) is 0 Å². The van der Waals surface area contributed by atoms with Gasteiger partial charge in [0.2, 0.25) is 0 Å². The van der Waals surface area contributed by atoms with Gasteiger partial charge in [0.1, 0.15) is 0 Å². The van der Waals surface area contributed by atoms with Gasteiger partial charge in [-0.3, -0.25) is 4.79 Å². The maximum absolute atomic E-state index is 10.1. The second-order valence-corrected chi connectivity index (χ2v) is 1.01. The van der Waals surface area contributed by atoms with Gasteiger partial charge in [0.25, 0.3) is 0 Å². The quantitative estimate of drug-likeness (QED) is 0.354. The summed E-state index contributed by atoms with van der Waals surface area (Å²) in [4.78, 5) is 10.1. The average molecular weight is 167 g/mol. The largest absolute Gasteiger partial charge is 0.465 e. The van der Waals surface area contributed by atoms with Gasteiger partial charge >= 0.3 is 5.97 Å². The lowest BCUT2D eigenvalue weighted by Gasteiger charge is -1.93. The lowest BCUT2D eigenvalue weighted by molar-refractivity contribution is -0.141. The summed E-state index contributed by atoms with van der Waals surface area (Å²) in [6, 6.07) is 0. The first-order valence-corrected chi connectivity index (χ1v) is 2.17. The summed E-state index contributed by atoms with van der Waals surface area (Å²) >= 11 is 0. The topological polar surface area (TPSA) is 115 Å². The molecule has 0 rings (SSSR count). The fourth-order valence-corrected chi connectivity index (χ4v) is 0.220. The lowest BCUT2D eigenvalue weighted by atomic mass is 10.7. The average Bonchev–Trinajstić information content (AvgIpc) is 1.68. The predicted molar refractivity (Wildman–Crippen MR) is 40.1 cm³/mol. The third-order valence-corrected chi connectivity index (χ3v) is 0.472. The van der Waals surface area contributed by atoms with Gasteiger partial charge in [-0.15, -0.1) is 0 Å². The van der Waals surface area contributed by atoms with E-state index in [0.29, 0.717) is 6.61 Å². The fourth-order valence-electron chi connectivity index (χ4n) is 0.220. The molecule has 0 atom stereocenters. The molecule has 0 fully saturated rings. The van der Waals surface area contributed by atoms with Crippen molar-refractivity contribution in [2.24, 2.45) is 5.73 Å². The highest BCUT2D eigenvalue weighted by Crippen LogP contribution is 1.69. The molecule has 0 aromatic rings. The number of nitrogens with two attached hydrogens (primary N) is 1. The number of carbonyl (C=O) groups is 1. The first-order valence-electron chi connectivity index (χ1n) is 2.17. The zero-order valence-electron chi connectivity index (χ0n) is 6.02. The van der Waals surface area contributed by atoms with Crippen LogP contribution in [0.4, 0.5) is 0 Å². The van der Waals surface area contributed by atoms with E-state index in [1.54, 1.807) is 6.92 Å². The third kappa shape index (κ3) is 15.7. The maximum Gasteiger partial charge on any atom is 0.319 e. The van der Waals surface area contributed by atoms with E-state index in [1.807, 2.05) is 0 Å². The van der Waals surface area contributed by atoms with E-state index in [-0.39, 0.29) is 40.8 Å². The third-order valence-electron chi connectivity index (χ3n) is 0.472. The van der Waals surface area contributed by atoms with Crippen LogP contribution in [0, 0.1) is 0 Å². The molecule has 2 radical (unpaired) electrons. The Morgan fingerprint density at radius 1 is 1.50 bits per heavy atom. The van der Waals surface area contributed by atoms with Gasteiger partial charge in [-0.1, -0.05) is 0 Å². The van der Waals surface area contributed by atoms with Crippen molar-refractivity contribution in [1.82, 2.24) is 0 Å².